The zero-order valence-electron chi connectivity index (χ0n) is 14.7. The summed E-state index contributed by atoms with van der Waals surface area (Å²) in [5.41, 5.74) is 6.78. The van der Waals surface area contributed by atoms with Crippen molar-refractivity contribution in [3.63, 3.8) is 0 Å². The van der Waals surface area contributed by atoms with Gasteiger partial charge in [0, 0.05) is 13.2 Å². The van der Waals surface area contributed by atoms with Crippen molar-refractivity contribution >= 4 is 22.9 Å². The predicted octanol–water partition coefficient (Wildman–Crippen LogP) is -2.43. The highest BCUT2D eigenvalue weighted by Gasteiger charge is 2.44. The number of imidazole rings is 1. The molecule has 0 aliphatic carbocycles. The molecule has 13 heteroatoms. The number of nitrogens with two attached hydrogens (primary N) is 1. The summed E-state index contributed by atoms with van der Waals surface area (Å²) in [6.07, 6.45) is -0.418. The quantitative estimate of drug-likeness (QED) is 0.320. The Balaban J connectivity index is 1.77. The average molecular weight is 390 g/mol. The molecule has 0 bridgehead atoms. The molecule has 1 fully saturated rings. The van der Waals surface area contributed by atoms with Gasteiger partial charge >= 0.3 is 0 Å². The van der Waals surface area contributed by atoms with Crippen LogP contribution >= 0.6 is 0 Å². The fourth-order valence-corrected chi connectivity index (χ4v) is 3.02. The molecule has 3 aromatic rings. The van der Waals surface area contributed by atoms with Crippen LogP contribution in [-0.2, 0) is 4.74 Å². The van der Waals surface area contributed by atoms with Gasteiger partial charge < -0.3 is 31.1 Å². The molecule has 148 valence electrons. The molecular formula is C15H18N8O5. The number of rotatable bonds is 4. The number of nitrogen functional groups attached to an aromatic ring is 1. The topological polar surface area (TPSA) is 186 Å². The summed E-state index contributed by atoms with van der Waals surface area (Å²) in [7, 11) is 1.50. The molecule has 1 amide bonds. The molecule has 0 spiro atoms. The van der Waals surface area contributed by atoms with E-state index in [0.717, 1.165) is 0 Å². The van der Waals surface area contributed by atoms with E-state index in [0.29, 0.717) is 5.56 Å². The van der Waals surface area contributed by atoms with E-state index in [9.17, 15) is 20.1 Å². The van der Waals surface area contributed by atoms with Crippen molar-refractivity contribution in [1.29, 1.82) is 0 Å². The van der Waals surface area contributed by atoms with Gasteiger partial charge in [-0.05, 0) is 0 Å². The van der Waals surface area contributed by atoms with E-state index in [-0.39, 0.29) is 28.8 Å². The van der Waals surface area contributed by atoms with Crippen molar-refractivity contribution < 1.29 is 24.9 Å². The first kappa shape index (κ1) is 18.2. The fraction of sp³-hybridized carbons (Fsp3) is 0.400. The maximum Gasteiger partial charge on any atom is 0.254 e. The third-order valence-corrected chi connectivity index (χ3v) is 4.50. The van der Waals surface area contributed by atoms with Gasteiger partial charge in [-0.3, -0.25) is 9.36 Å². The third-order valence-electron chi connectivity index (χ3n) is 4.50. The van der Waals surface area contributed by atoms with Crippen molar-refractivity contribution in [2.24, 2.45) is 0 Å². The van der Waals surface area contributed by atoms with Gasteiger partial charge in [0.2, 0.25) is 0 Å². The predicted molar refractivity (Wildman–Crippen MR) is 93.3 cm³/mol. The lowest BCUT2D eigenvalue weighted by Gasteiger charge is -2.16. The molecule has 0 aromatic carbocycles. The summed E-state index contributed by atoms with van der Waals surface area (Å²) in [5, 5.41) is 36.1. The van der Waals surface area contributed by atoms with E-state index < -0.39 is 31.1 Å². The second-order valence-electron chi connectivity index (χ2n) is 6.21. The molecule has 1 saturated heterocycles. The summed E-state index contributed by atoms with van der Waals surface area (Å²) in [6, 6.07) is 0. The average Bonchev–Trinajstić information content (AvgIpc) is 3.40. The van der Waals surface area contributed by atoms with Crippen LogP contribution in [0.5, 0.6) is 0 Å². The summed E-state index contributed by atoms with van der Waals surface area (Å²) >= 11 is 0. The summed E-state index contributed by atoms with van der Waals surface area (Å²) < 4.78 is 8.18. The molecule has 3 aromatic heterocycles. The van der Waals surface area contributed by atoms with Crippen LogP contribution in [0.1, 0.15) is 16.6 Å². The van der Waals surface area contributed by atoms with E-state index in [2.05, 4.69) is 25.4 Å². The minimum atomic E-state index is -1.31. The minimum Gasteiger partial charge on any atom is -0.394 e. The molecule has 28 heavy (non-hydrogen) atoms. The molecule has 6 N–H and O–H groups in total. The van der Waals surface area contributed by atoms with Gasteiger partial charge in [-0.25, -0.2) is 9.67 Å². The number of nitrogens with one attached hydrogen (secondary N) is 1. The molecule has 1 unspecified atom stereocenters. The molecule has 0 saturated carbocycles. The first-order chi connectivity index (χ1) is 13.4. The van der Waals surface area contributed by atoms with Gasteiger partial charge in [-0.1, -0.05) is 0 Å². The molecule has 4 heterocycles. The first-order valence-electron chi connectivity index (χ1n) is 8.34. The Morgan fingerprint density at radius 3 is 2.82 bits per heavy atom. The molecule has 4 rings (SSSR count). The lowest BCUT2D eigenvalue weighted by molar-refractivity contribution is -0.0511. The molecule has 1 aliphatic rings. The maximum absolute atomic E-state index is 11.7. The van der Waals surface area contributed by atoms with Crippen LogP contribution in [0.25, 0.3) is 17.1 Å². The summed E-state index contributed by atoms with van der Waals surface area (Å²) in [4.78, 5) is 24.4. The van der Waals surface area contributed by atoms with E-state index in [1.54, 1.807) is 0 Å². The maximum atomic E-state index is 11.7. The normalized spacial score (nSPS) is 24.7. The second-order valence-corrected chi connectivity index (χ2v) is 6.21. The van der Waals surface area contributed by atoms with Crippen LogP contribution in [0.4, 0.5) is 5.82 Å². The monoisotopic (exact) mass is 390 g/mol. The van der Waals surface area contributed by atoms with Crippen molar-refractivity contribution in [2.75, 3.05) is 19.4 Å². The van der Waals surface area contributed by atoms with E-state index in [1.165, 1.54) is 35.0 Å². The number of anilines is 1. The number of hydrogen-bond acceptors (Lipinski definition) is 10. The number of nitrogens with zero attached hydrogens (tertiary/aromatic N) is 6. The highest BCUT2D eigenvalue weighted by Crippen LogP contribution is 2.32. The Kier molecular flexibility index (Phi) is 4.43. The number of hydrogen-bond donors (Lipinski definition) is 5. The van der Waals surface area contributed by atoms with Gasteiger partial charge in [-0.15, -0.1) is 0 Å². The van der Waals surface area contributed by atoms with Crippen LogP contribution in [0.15, 0.2) is 18.7 Å². The molecule has 1 aliphatic heterocycles. The van der Waals surface area contributed by atoms with Gasteiger partial charge in [0.15, 0.2) is 17.7 Å². The largest absolute Gasteiger partial charge is 0.394 e. The number of carbonyl (C=O) groups is 1. The lowest BCUT2D eigenvalue weighted by atomic mass is 10.1. The first-order valence-corrected chi connectivity index (χ1v) is 8.34. The standard InChI is InChI=1S/C15H18N8O5/c1-17-13(27)6-2-19-23(3-6)15-20-11(16)8-12(21-15)22(5-18-8)14-10(26)9(25)7(4-24)28-14/h2-3,5,7,9-10,14,24-26H,4H2,1H3,(H,17,27)(H2,16,20,21)/t7-,9?,10+,14-/m1/s1. The van der Waals surface area contributed by atoms with Gasteiger partial charge in [0.05, 0.1) is 24.7 Å². The SMILES string of the molecule is CNC(=O)c1cnn(-c2nc(N)c3ncn([C@@H]4O[C@H](CO)C(O)[C@@H]4O)c3n2)c1. The van der Waals surface area contributed by atoms with Gasteiger partial charge in [0.1, 0.15) is 23.8 Å². The molecule has 0 radical (unpaired) electrons. The van der Waals surface area contributed by atoms with E-state index >= 15 is 0 Å². The Hall–Kier alpha value is -3.13. The van der Waals surface area contributed by atoms with Crippen LogP contribution < -0.4 is 11.1 Å². The van der Waals surface area contributed by atoms with Gasteiger partial charge in [-0.2, -0.15) is 15.1 Å². The number of aromatic nitrogens is 6. The number of amides is 1. The number of fused-ring (bicyclic) bond motifs is 1. The Morgan fingerprint density at radius 1 is 1.36 bits per heavy atom. The Labute approximate surface area is 157 Å². The lowest BCUT2D eigenvalue weighted by Crippen LogP contribution is -2.33. The summed E-state index contributed by atoms with van der Waals surface area (Å²) in [5.74, 6) is -0.187. The second kappa shape index (κ2) is 6.79. The molecule has 13 nitrogen and oxygen atoms in total. The zero-order chi connectivity index (χ0) is 20.0. The fourth-order valence-electron chi connectivity index (χ4n) is 3.02. The number of aliphatic hydroxyl groups is 3. The van der Waals surface area contributed by atoms with Crippen molar-refractivity contribution in [3.8, 4) is 5.95 Å². The number of ether oxygens (including phenoxy) is 1. The van der Waals surface area contributed by atoms with Gasteiger partial charge in [0.25, 0.3) is 11.9 Å². The smallest absolute Gasteiger partial charge is 0.254 e. The van der Waals surface area contributed by atoms with E-state index in [1.807, 2.05) is 0 Å². The Morgan fingerprint density at radius 2 is 2.14 bits per heavy atom. The van der Waals surface area contributed by atoms with Crippen molar-refractivity contribution in [3.05, 3.63) is 24.3 Å². The van der Waals surface area contributed by atoms with Crippen LogP contribution in [0, 0.1) is 0 Å². The molecular weight excluding hydrogens is 372 g/mol. The molecule has 4 atom stereocenters. The van der Waals surface area contributed by atoms with Crippen molar-refractivity contribution in [2.45, 2.75) is 24.5 Å². The van der Waals surface area contributed by atoms with E-state index in [4.69, 9.17) is 10.5 Å². The minimum absolute atomic E-state index is 0.0579. The van der Waals surface area contributed by atoms with Crippen LogP contribution in [0.2, 0.25) is 0 Å². The third kappa shape index (κ3) is 2.77. The zero-order valence-corrected chi connectivity index (χ0v) is 14.7. The van der Waals surface area contributed by atoms with Crippen LogP contribution in [-0.4, -0.2) is 82.5 Å². The number of carbonyl (C=O) groups excluding carboxylic acids is 1. The van der Waals surface area contributed by atoms with Crippen molar-refractivity contribution in [1.82, 2.24) is 34.6 Å². The van der Waals surface area contributed by atoms with Crippen LogP contribution in [0.3, 0.4) is 0 Å². The summed E-state index contributed by atoms with van der Waals surface area (Å²) in [6.45, 7) is -0.459. The highest BCUT2D eigenvalue weighted by atomic mass is 16.6. The number of aliphatic hydroxyl groups excluding tert-OH is 3. The Bertz CT molecular complexity index is 1030. The highest BCUT2D eigenvalue weighted by molar-refractivity contribution is 5.93.